The van der Waals surface area contributed by atoms with Gasteiger partial charge in [0.25, 0.3) is 11.1 Å². The van der Waals surface area contributed by atoms with Gasteiger partial charge in [0.2, 0.25) is 0 Å². The summed E-state index contributed by atoms with van der Waals surface area (Å²) in [5.41, 5.74) is 0.413. The molecular formula is C29H28Br2Cl2N4O3. The Balaban J connectivity index is 0.000000169. The zero-order valence-corrected chi connectivity index (χ0v) is 26.3. The first kappa shape index (κ1) is 30.7. The first-order valence-corrected chi connectivity index (χ1v) is 15.3. The molecule has 0 saturated heterocycles. The van der Waals surface area contributed by atoms with Gasteiger partial charge < -0.3 is 5.11 Å². The lowest BCUT2D eigenvalue weighted by Crippen LogP contribution is -2.42. The van der Waals surface area contributed by atoms with Crippen LogP contribution in [0.2, 0.25) is 0 Å². The number of nitrogens with zero attached hydrogens (tertiary/aromatic N) is 4. The summed E-state index contributed by atoms with van der Waals surface area (Å²) in [6.45, 7) is 8.39. The smallest absolute Gasteiger partial charge is 0.261 e. The van der Waals surface area contributed by atoms with E-state index in [1.807, 2.05) is 36.4 Å². The van der Waals surface area contributed by atoms with E-state index in [1.54, 1.807) is 15.2 Å². The van der Waals surface area contributed by atoms with E-state index in [0.29, 0.717) is 41.6 Å². The molecule has 7 nitrogen and oxygen atoms in total. The number of aliphatic hydroxyl groups is 1. The van der Waals surface area contributed by atoms with Crippen LogP contribution in [0.3, 0.4) is 0 Å². The van der Waals surface area contributed by atoms with Crippen molar-refractivity contribution in [1.82, 2.24) is 19.1 Å². The quantitative estimate of drug-likeness (QED) is 0.194. The molecule has 0 saturated carbocycles. The Hall–Kier alpha value is -2.30. The molecular weight excluding hydrogens is 683 g/mol. The van der Waals surface area contributed by atoms with Gasteiger partial charge in [0, 0.05) is 28.3 Å². The first-order chi connectivity index (χ1) is 19.1. The third-order valence-corrected chi connectivity index (χ3v) is 8.06. The summed E-state index contributed by atoms with van der Waals surface area (Å²) in [6, 6.07) is 11.0. The number of alkyl halides is 2. The number of fused-ring (bicyclic) bond motifs is 4. The number of benzene rings is 2. The molecule has 2 aliphatic heterocycles. The SMILES string of the molecule is C=CC1(O)CCc2nc3cc(Br)ccc3c(=O)n2C1.C=CC1CCc2nc3cc(Br)ccc3c(=O)n2C1.ClCCl. The van der Waals surface area contributed by atoms with Gasteiger partial charge in [0.15, 0.2) is 0 Å². The van der Waals surface area contributed by atoms with Crippen LogP contribution >= 0.6 is 55.1 Å². The lowest BCUT2D eigenvalue weighted by Gasteiger charge is -2.31. The summed E-state index contributed by atoms with van der Waals surface area (Å²) in [5.74, 6) is 2.00. The minimum absolute atomic E-state index is 0.0639. The van der Waals surface area contributed by atoms with Crippen molar-refractivity contribution >= 4 is 76.9 Å². The molecule has 2 unspecified atom stereocenters. The molecule has 40 heavy (non-hydrogen) atoms. The number of hydrogen-bond donors (Lipinski definition) is 1. The van der Waals surface area contributed by atoms with Crippen molar-refractivity contribution < 1.29 is 5.11 Å². The second-order valence-corrected chi connectivity index (χ2v) is 12.3. The van der Waals surface area contributed by atoms with Gasteiger partial charge in [-0.25, -0.2) is 9.97 Å². The molecule has 2 atom stereocenters. The second kappa shape index (κ2) is 13.1. The van der Waals surface area contributed by atoms with Crippen LogP contribution in [0, 0.1) is 5.92 Å². The van der Waals surface area contributed by atoms with Gasteiger partial charge in [-0.3, -0.25) is 18.7 Å². The van der Waals surface area contributed by atoms with Gasteiger partial charge in [-0.2, -0.15) is 0 Å². The fourth-order valence-electron chi connectivity index (χ4n) is 4.89. The van der Waals surface area contributed by atoms with Gasteiger partial charge in [-0.15, -0.1) is 36.4 Å². The van der Waals surface area contributed by atoms with E-state index in [-0.39, 0.29) is 23.0 Å². The fraction of sp³-hybridized carbons (Fsp3) is 0.310. The van der Waals surface area contributed by atoms with Crippen LogP contribution in [0.4, 0.5) is 0 Å². The van der Waals surface area contributed by atoms with E-state index in [4.69, 9.17) is 23.2 Å². The predicted molar refractivity (Wildman–Crippen MR) is 169 cm³/mol. The number of aryl methyl sites for hydroxylation is 2. The Morgan fingerprint density at radius 2 is 1.48 bits per heavy atom. The monoisotopic (exact) mass is 708 g/mol. The fourth-order valence-corrected chi connectivity index (χ4v) is 5.59. The maximum absolute atomic E-state index is 12.5. The van der Waals surface area contributed by atoms with Gasteiger partial charge in [0.05, 0.1) is 33.7 Å². The highest BCUT2D eigenvalue weighted by molar-refractivity contribution is 9.10. The van der Waals surface area contributed by atoms with Gasteiger partial charge in [-0.1, -0.05) is 44.0 Å². The number of allylic oxidation sites excluding steroid dienone is 1. The minimum atomic E-state index is -1.01. The minimum Gasteiger partial charge on any atom is -0.384 e. The average Bonchev–Trinajstić information content (AvgIpc) is 2.94. The summed E-state index contributed by atoms with van der Waals surface area (Å²) in [4.78, 5) is 34.0. The largest absolute Gasteiger partial charge is 0.384 e. The van der Waals surface area contributed by atoms with Crippen molar-refractivity contribution in [3.05, 3.63) is 103 Å². The molecule has 2 aromatic heterocycles. The Morgan fingerprint density at radius 1 is 0.950 bits per heavy atom. The molecule has 2 aliphatic rings. The summed E-state index contributed by atoms with van der Waals surface area (Å²) in [5, 5.41) is 11.7. The first-order valence-electron chi connectivity index (χ1n) is 12.6. The van der Waals surface area contributed by atoms with Crippen molar-refractivity contribution in [3.63, 3.8) is 0 Å². The summed E-state index contributed by atoms with van der Waals surface area (Å²) < 4.78 is 5.20. The molecule has 2 aromatic carbocycles. The molecule has 210 valence electrons. The highest BCUT2D eigenvalue weighted by atomic mass is 79.9. The maximum Gasteiger partial charge on any atom is 0.261 e. The lowest BCUT2D eigenvalue weighted by atomic mass is 9.94. The molecule has 0 fully saturated rings. The van der Waals surface area contributed by atoms with Crippen LogP contribution in [-0.4, -0.2) is 35.1 Å². The molecule has 0 bridgehead atoms. The van der Waals surface area contributed by atoms with Crippen LogP contribution in [0.15, 0.2) is 80.2 Å². The molecule has 0 aliphatic carbocycles. The van der Waals surface area contributed by atoms with Gasteiger partial charge >= 0.3 is 0 Å². The van der Waals surface area contributed by atoms with E-state index in [9.17, 15) is 14.7 Å². The molecule has 0 radical (unpaired) electrons. The van der Waals surface area contributed by atoms with E-state index in [1.165, 1.54) is 6.08 Å². The van der Waals surface area contributed by atoms with Crippen molar-refractivity contribution in [2.75, 3.05) is 5.34 Å². The summed E-state index contributed by atoms with van der Waals surface area (Å²) >= 11 is 16.3. The second-order valence-electron chi connectivity index (χ2n) is 9.63. The molecule has 0 amide bonds. The van der Waals surface area contributed by atoms with E-state index in [2.05, 4.69) is 55.0 Å². The van der Waals surface area contributed by atoms with Gasteiger partial charge in [0.1, 0.15) is 17.2 Å². The Bertz CT molecular complexity index is 1710. The topological polar surface area (TPSA) is 90.0 Å². The Labute approximate surface area is 258 Å². The van der Waals surface area contributed by atoms with Crippen LogP contribution in [0.1, 0.15) is 24.5 Å². The zero-order valence-electron chi connectivity index (χ0n) is 21.6. The number of rotatable bonds is 2. The van der Waals surface area contributed by atoms with Crippen molar-refractivity contribution in [3.8, 4) is 0 Å². The average molecular weight is 711 g/mol. The molecule has 6 rings (SSSR count). The van der Waals surface area contributed by atoms with Crippen molar-refractivity contribution in [1.29, 1.82) is 0 Å². The Kier molecular flexibility index (Phi) is 10.1. The van der Waals surface area contributed by atoms with Crippen molar-refractivity contribution in [2.24, 2.45) is 5.92 Å². The lowest BCUT2D eigenvalue weighted by molar-refractivity contribution is 0.0491. The highest BCUT2D eigenvalue weighted by Gasteiger charge is 2.31. The van der Waals surface area contributed by atoms with E-state index >= 15 is 0 Å². The van der Waals surface area contributed by atoms with Crippen LogP contribution in [0.25, 0.3) is 21.8 Å². The number of aromatic nitrogens is 4. The standard InChI is InChI=1S/C14H13BrN2O2.C14H13BrN2O.CH2Cl2/c1-2-14(19)6-5-12-16-11-7-9(15)3-4-10(11)13(18)17(12)8-14;1-2-9-3-6-13-16-12-7-10(15)4-5-11(12)14(18)17(13)8-9;2-1-3/h2-4,7,19H,1,5-6,8H2;2,4-5,7,9H,1,3,6,8H2;1H2. The normalized spacial score (nSPS) is 19.4. The van der Waals surface area contributed by atoms with Crippen LogP contribution < -0.4 is 11.1 Å². The zero-order chi connectivity index (χ0) is 29.0. The molecule has 4 heterocycles. The number of hydrogen-bond acceptors (Lipinski definition) is 5. The van der Waals surface area contributed by atoms with E-state index < -0.39 is 5.60 Å². The van der Waals surface area contributed by atoms with E-state index in [0.717, 1.165) is 39.0 Å². The summed E-state index contributed by atoms with van der Waals surface area (Å²) in [7, 11) is 0. The van der Waals surface area contributed by atoms with Crippen LogP contribution in [-0.2, 0) is 25.9 Å². The number of halogens is 4. The molecule has 1 N–H and O–H groups in total. The molecule has 0 spiro atoms. The molecule has 4 aromatic rings. The summed E-state index contributed by atoms with van der Waals surface area (Å²) in [6.07, 6.45) is 6.42. The molecule has 11 heteroatoms. The maximum atomic E-state index is 12.5. The van der Waals surface area contributed by atoms with Crippen molar-refractivity contribution in [2.45, 2.75) is 44.4 Å². The van der Waals surface area contributed by atoms with Crippen LogP contribution in [0.5, 0.6) is 0 Å². The predicted octanol–water partition coefficient (Wildman–Crippen LogP) is 6.35. The third-order valence-electron chi connectivity index (χ3n) is 7.08. The Morgan fingerprint density at radius 3 is 2.00 bits per heavy atom. The third kappa shape index (κ3) is 6.60. The van der Waals surface area contributed by atoms with Gasteiger partial charge in [-0.05, 0) is 55.2 Å². The highest BCUT2D eigenvalue weighted by Crippen LogP contribution is 2.25.